The molecule has 0 spiro atoms. The van der Waals surface area contributed by atoms with Gasteiger partial charge in [0.1, 0.15) is 0 Å². The minimum atomic E-state index is 0.152. The zero-order valence-electron chi connectivity index (χ0n) is 10.5. The molecule has 0 saturated carbocycles. The van der Waals surface area contributed by atoms with E-state index in [0.717, 1.165) is 19.5 Å². The third-order valence-electron chi connectivity index (χ3n) is 3.54. The Morgan fingerprint density at radius 2 is 2.47 bits per heavy atom. The summed E-state index contributed by atoms with van der Waals surface area (Å²) >= 11 is 0. The molecule has 1 saturated heterocycles. The van der Waals surface area contributed by atoms with Crippen LogP contribution in [-0.2, 0) is 4.74 Å². The third kappa shape index (κ3) is 2.96. The molecule has 4 heteroatoms. The lowest BCUT2D eigenvalue weighted by Crippen LogP contribution is -2.45. The summed E-state index contributed by atoms with van der Waals surface area (Å²) in [6.07, 6.45) is 3.13. The molecule has 1 N–H and O–H groups in total. The summed E-state index contributed by atoms with van der Waals surface area (Å²) in [6.45, 7) is 4.52. The van der Waals surface area contributed by atoms with Gasteiger partial charge in [-0.2, -0.15) is 0 Å². The summed E-state index contributed by atoms with van der Waals surface area (Å²) in [4.78, 5) is 17.1. The zero-order chi connectivity index (χ0) is 12.3. The lowest BCUT2D eigenvalue weighted by atomic mass is 9.95. The van der Waals surface area contributed by atoms with Crippen molar-refractivity contribution in [2.75, 3.05) is 26.7 Å². The Morgan fingerprint density at radius 3 is 3.12 bits per heavy atom. The average molecular weight is 236 g/mol. The fraction of sp³-hybridized carbons (Fsp3) is 0.615. The quantitative estimate of drug-likeness (QED) is 0.807. The highest BCUT2D eigenvalue weighted by Gasteiger charge is 2.27. The molecule has 0 aliphatic carbocycles. The van der Waals surface area contributed by atoms with Gasteiger partial charge in [0.2, 0.25) is 0 Å². The van der Waals surface area contributed by atoms with E-state index in [-0.39, 0.29) is 11.9 Å². The number of likely N-dealkylation sites (tertiary alicyclic amines) is 1. The molecule has 1 aromatic rings. The molecule has 1 fully saturated rings. The molecule has 2 unspecified atom stereocenters. The number of hydrogen-bond donors (Lipinski definition) is 1. The molecule has 0 radical (unpaired) electrons. The molecule has 2 rings (SSSR count). The first-order valence-corrected chi connectivity index (χ1v) is 6.12. The second-order valence-corrected chi connectivity index (χ2v) is 4.78. The van der Waals surface area contributed by atoms with Crippen molar-refractivity contribution >= 4 is 5.78 Å². The summed E-state index contributed by atoms with van der Waals surface area (Å²) < 4.78 is 5.45. The second-order valence-electron chi connectivity index (χ2n) is 4.78. The van der Waals surface area contributed by atoms with Crippen LogP contribution in [0.1, 0.15) is 23.8 Å². The van der Waals surface area contributed by atoms with Gasteiger partial charge in [-0.15, -0.1) is 0 Å². The van der Waals surface area contributed by atoms with Gasteiger partial charge in [-0.25, -0.2) is 0 Å². The summed E-state index contributed by atoms with van der Waals surface area (Å²) in [5, 5.41) is 0. The van der Waals surface area contributed by atoms with Crippen LogP contribution in [0.4, 0.5) is 0 Å². The largest absolute Gasteiger partial charge is 0.380 e. The summed E-state index contributed by atoms with van der Waals surface area (Å²) in [5.74, 6) is 0.733. The number of carbonyl (C=O) groups excluding carboxylic acids is 1. The predicted molar refractivity (Wildman–Crippen MR) is 66.1 cm³/mol. The number of hydrogen-bond acceptors (Lipinski definition) is 3. The predicted octanol–water partition coefficient (Wildman–Crippen LogP) is 1.55. The van der Waals surface area contributed by atoms with Crippen molar-refractivity contribution in [2.24, 2.45) is 5.92 Å². The second kappa shape index (κ2) is 5.47. The number of nitrogens with zero attached hydrogens (tertiary/aromatic N) is 1. The van der Waals surface area contributed by atoms with Crippen molar-refractivity contribution in [1.82, 2.24) is 9.88 Å². The highest BCUT2D eigenvalue weighted by Crippen LogP contribution is 2.19. The summed E-state index contributed by atoms with van der Waals surface area (Å²) in [7, 11) is 1.75. The number of ketones is 1. The van der Waals surface area contributed by atoms with Crippen LogP contribution in [0.15, 0.2) is 18.3 Å². The Labute approximate surface area is 102 Å². The number of nitrogens with one attached hydrogen (secondary N) is 1. The van der Waals surface area contributed by atoms with E-state index in [0.29, 0.717) is 18.2 Å². The Balaban J connectivity index is 1.89. The molecular weight excluding hydrogens is 216 g/mol. The Kier molecular flexibility index (Phi) is 3.97. The van der Waals surface area contributed by atoms with Gasteiger partial charge in [0.05, 0.1) is 18.3 Å². The fourth-order valence-electron chi connectivity index (χ4n) is 2.34. The van der Waals surface area contributed by atoms with Crippen LogP contribution >= 0.6 is 0 Å². The molecule has 2 heterocycles. The van der Waals surface area contributed by atoms with E-state index in [1.165, 1.54) is 0 Å². The lowest BCUT2D eigenvalue weighted by Gasteiger charge is -2.35. The van der Waals surface area contributed by atoms with Crippen LogP contribution in [0.3, 0.4) is 0 Å². The summed E-state index contributed by atoms with van der Waals surface area (Å²) in [6, 6.07) is 3.67. The number of aromatic nitrogens is 1. The number of H-pyrrole nitrogens is 1. The average Bonchev–Trinajstić information content (AvgIpc) is 2.85. The standard InChI is InChI=1S/C13H20N2O2/c1-10-5-7-15(9-13(10)17-2)8-12(16)11-4-3-6-14-11/h3-4,6,10,13-14H,5,7-9H2,1-2H3. The van der Waals surface area contributed by atoms with Crippen LogP contribution in [0.5, 0.6) is 0 Å². The van der Waals surface area contributed by atoms with Gasteiger partial charge in [-0.05, 0) is 31.0 Å². The smallest absolute Gasteiger partial charge is 0.192 e. The van der Waals surface area contributed by atoms with Crippen molar-refractivity contribution in [2.45, 2.75) is 19.4 Å². The van der Waals surface area contributed by atoms with Crippen molar-refractivity contribution < 1.29 is 9.53 Å². The minimum Gasteiger partial charge on any atom is -0.380 e. The van der Waals surface area contributed by atoms with Crippen molar-refractivity contribution in [3.8, 4) is 0 Å². The van der Waals surface area contributed by atoms with Crippen LogP contribution in [0, 0.1) is 5.92 Å². The number of piperidine rings is 1. The normalized spacial score (nSPS) is 26.0. The van der Waals surface area contributed by atoms with E-state index >= 15 is 0 Å². The Hall–Kier alpha value is -1.13. The molecule has 17 heavy (non-hydrogen) atoms. The number of carbonyl (C=O) groups is 1. The number of Topliss-reactive ketones (excluding diaryl/α,β-unsaturated/α-hetero) is 1. The number of rotatable bonds is 4. The van der Waals surface area contributed by atoms with E-state index in [1.807, 2.05) is 12.1 Å². The van der Waals surface area contributed by atoms with Crippen LogP contribution in [0.2, 0.25) is 0 Å². The maximum atomic E-state index is 11.9. The first-order chi connectivity index (χ1) is 8.20. The first kappa shape index (κ1) is 12.3. The number of methoxy groups -OCH3 is 1. The highest BCUT2D eigenvalue weighted by molar-refractivity contribution is 5.95. The van der Waals surface area contributed by atoms with E-state index in [1.54, 1.807) is 13.3 Å². The van der Waals surface area contributed by atoms with E-state index < -0.39 is 0 Å². The maximum Gasteiger partial charge on any atom is 0.192 e. The van der Waals surface area contributed by atoms with Gasteiger partial charge < -0.3 is 9.72 Å². The van der Waals surface area contributed by atoms with Gasteiger partial charge in [0.25, 0.3) is 0 Å². The molecule has 2 atom stereocenters. The van der Waals surface area contributed by atoms with Crippen LogP contribution in [-0.4, -0.2) is 48.5 Å². The Morgan fingerprint density at radius 1 is 1.65 bits per heavy atom. The van der Waals surface area contributed by atoms with Crippen molar-refractivity contribution in [1.29, 1.82) is 0 Å². The fourth-order valence-corrected chi connectivity index (χ4v) is 2.34. The molecular formula is C13H20N2O2. The molecule has 1 aromatic heterocycles. The molecule has 0 aromatic carbocycles. The SMILES string of the molecule is COC1CN(CC(=O)c2ccc[nH]2)CCC1C. The zero-order valence-corrected chi connectivity index (χ0v) is 10.5. The minimum absolute atomic E-state index is 0.152. The van der Waals surface area contributed by atoms with Gasteiger partial charge in [0, 0.05) is 19.9 Å². The molecule has 4 nitrogen and oxygen atoms in total. The van der Waals surface area contributed by atoms with Crippen LogP contribution in [0.25, 0.3) is 0 Å². The van der Waals surface area contributed by atoms with E-state index in [9.17, 15) is 4.79 Å². The van der Waals surface area contributed by atoms with Gasteiger partial charge in [-0.3, -0.25) is 9.69 Å². The molecule has 1 aliphatic rings. The molecule has 94 valence electrons. The van der Waals surface area contributed by atoms with Crippen LogP contribution < -0.4 is 0 Å². The van der Waals surface area contributed by atoms with Gasteiger partial charge in [-0.1, -0.05) is 6.92 Å². The molecule has 1 aliphatic heterocycles. The molecule has 0 bridgehead atoms. The maximum absolute atomic E-state index is 11.9. The monoisotopic (exact) mass is 236 g/mol. The van der Waals surface area contributed by atoms with E-state index in [4.69, 9.17) is 4.74 Å². The topological polar surface area (TPSA) is 45.3 Å². The lowest BCUT2D eigenvalue weighted by molar-refractivity contribution is -0.00328. The van der Waals surface area contributed by atoms with E-state index in [2.05, 4.69) is 16.8 Å². The highest BCUT2D eigenvalue weighted by atomic mass is 16.5. The molecule has 0 amide bonds. The van der Waals surface area contributed by atoms with Crippen molar-refractivity contribution in [3.63, 3.8) is 0 Å². The van der Waals surface area contributed by atoms with Crippen molar-refractivity contribution in [3.05, 3.63) is 24.0 Å². The Bertz CT molecular complexity index is 362. The summed E-state index contributed by atoms with van der Waals surface area (Å²) in [5.41, 5.74) is 0.692. The third-order valence-corrected chi connectivity index (χ3v) is 3.54. The van der Waals surface area contributed by atoms with Gasteiger partial charge >= 0.3 is 0 Å². The number of ether oxygens (including phenoxy) is 1. The van der Waals surface area contributed by atoms with Gasteiger partial charge in [0.15, 0.2) is 5.78 Å². The first-order valence-electron chi connectivity index (χ1n) is 6.12. The number of aromatic amines is 1.